The van der Waals surface area contributed by atoms with Gasteiger partial charge in [-0.1, -0.05) is 13.8 Å². The summed E-state index contributed by atoms with van der Waals surface area (Å²) in [4.78, 5) is 33.8. The van der Waals surface area contributed by atoms with E-state index in [1.54, 1.807) is 0 Å². The highest BCUT2D eigenvalue weighted by molar-refractivity contribution is 5.83. The van der Waals surface area contributed by atoms with Crippen LogP contribution in [-0.2, 0) is 19.1 Å². The molecule has 0 spiro atoms. The standard InChI is InChI=1S/C12H22N2O6/c1-7(2)5-8(11(17)20-4)14-12(18)13-6-9(19-3)10(15)16/h7-9H,5-6H2,1-4H3,(H,15,16)(H2,13,14,18). The minimum atomic E-state index is -1.18. The highest BCUT2D eigenvalue weighted by atomic mass is 16.5. The smallest absolute Gasteiger partial charge is 0.334 e. The van der Waals surface area contributed by atoms with E-state index in [1.165, 1.54) is 14.2 Å². The van der Waals surface area contributed by atoms with Gasteiger partial charge in [0.2, 0.25) is 0 Å². The second-order valence-electron chi connectivity index (χ2n) is 4.62. The van der Waals surface area contributed by atoms with Crippen LogP contribution in [0.15, 0.2) is 0 Å². The monoisotopic (exact) mass is 290 g/mol. The van der Waals surface area contributed by atoms with E-state index < -0.39 is 30.1 Å². The number of carbonyl (C=O) groups excluding carboxylic acids is 2. The van der Waals surface area contributed by atoms with Crippen molar-refractivity contribution in [2.24, 2.45) is 5.92 Å². The topological polar surface area (TPSA) is 114 Å². The molecule has 0 aromatic heterocycles. The van der Waals surface area contributed by atoms with Crippen LogP contribution in [0.4, 0.5) is 4.79 Å². The Bertz CT molecular complexity index is 345. The molecule has 20 heavy (non-hydrogen) atoms. The first kappa shape index (κ1) is 18.2. The highest BCUT2D eigenvalue weighted by Gasteiger charge is 2.23. The van der Waals surface area contributed by atoms with Crippen molar-refractivity contribution < 1.29 is 29.0 Å². The molecule has 0 radical (unpaired) electrons. The molecule has 0 saturated carbocycles. The maximum absolute atomic E-state index is 11.6. The van der Waals surface area contributed by atoms with Gasteiger partial charge >= 0.3 is 18.0 Å². The predicted octanol–water partition coefficient (Wildman–Crippen LogP) is -0.0271. The number of methoxy groups -OCH3 is 2. The van der Waals surface area contributed by atoms with Crippen molar-refractivity contribution in [3.63, 3.8) is 0 Å². The number of ether oxygens (including phenoxy) is 2. The number of hydrogen-bond acceptors (Lipinski definition) is 5. The number of aliphatic carboxylic acids is 1. The van der Waals surface area contributed by atoms with Crippen molar-refractivity contribution in [2.75, 3.05) is 20.8 Å². The molecular weight excluding hydrogens is 268 g/mol. The molecule has 2 atom stereocenters. The maximum Gasteiger partial charge on any atom is 0.334 e. The zero-order valence-electron chi connectivity index (χ0n) is 12.1. The molecule has 0 aromatic rings. The minimum absolute atomic E-state index is 0.185. The number of hydrogen-bond donors (Lipinski definition) is 3. The van der Waals surface area contributed by atoms with E-state index in [-0.39, 0.29) is 12.5 Å². The van der Waals surface area contributed by atoms with Gasteiger partial charge in [0, 0.05) is 7.11 Å². The van der Waals surface area contributed by atoms with Crippen LogP contribution in [0.25, 0.3) is 0 Å². The summed E-state index contributed by atoms with van der Waals surface area (Å²) >= 11 is 0. The number of urea groups is 1. The molecule has 116 valence electrons. The molecule has 0 aliphatic rings. The Morgan fingerprint density at radius 2 is 1.80 bits per heavy atom. The van der Waals surface area contributed by atoms with Gasteiger partial charge in [0.05, 0.1) is 13.7 Å². The highest BCUT2D eigenvalue weighted by Crippen LogP contribution is 2.06. The molecule has 3 N–H and O–H groups in total. The molecule has 8 nitrogen and oxygen atoms in total. The van der Waals surface area contributed by atoms with E-state index in [0.29, 0.717) is 6.42 Å². The molecule has 0 aromatic carbocycles. The number of carboxylic acids is 1. The first-order valence-corrected chi connectivity index (χ1v) is 6.19. The summed E-state index contributed by atoms with van der Waals surface area (Å²) in [5.41, 5.74) is 0. The molecule has 0 aliphatic heterocycles. The normalized spacial score (nSPS) is 13.4. The average Bonchev–Trinajstić information content (AvgIpc) is 2.36. The third kappa shape index (κ3) is 6.93. The Balaban J connectivity index is 4.38. The van der Waals surface area contributed by atoms with Crippen molar-refractivity contribution >= 4 is 18.0 Å². The number of amides is 2. The van der Waals surface area contributed by atoms with Crippen molar-refractivity contribution in [2.45, 2.75) is 32.4 Å². The zero-order valence-corrected chi connectivity index (χ0v) is 12.1. The number of nitrogens with one attached hydrogen (secondary N) is 2. The van der Waals surface area contributed by atoms with Crippen LogP contribution in [0, 0.1) is 5.92 Å². The zero-order chi connectivity index (χ0) is 15.7. The van der Waals surface area contributed by atoms with Crippen molar-refractivity contribution in [1.29, 1.82) is 0 Å². The molecule has 0 saturated heterocycles. The van der Waals surface area contributed by atoms with Crippen LogP contribution < -0.4 is 10.6 Å². The van der Waals surface area contributed by atoms with Gasteiger partial charge in [0.25, 0.3) is 0 Å². The van der Waals surface area contributed by atoms with Crippen molar-refractivity contribution in [3.8, 4) is 0 Å². The fraction of sp³-hybridized carbons (Fsp3) is 0.750. The Labute approximate surface area is 117 Å². The molecule has 0 fully saturated rings. The lowest BCUT2D eigenvalue weighted by molar-refractivity contribution is -0.148. The van der Waals surface area contributed by atoms with Crippen LogP contribution in [0.5, 0.6) is 0 Å². The molecule has 8 heteroatoms. The number of esters is 1. The molecule has 2 amide bonds. The van der Waals surface area contributed by atoms with Crippen molar-refractivity contribution in [1.82, 2.24) is 10.6 Å². The third-order valence-corrected chi connectivity index (χ3v) is 2.51. The van der Waals surface area contributed by atoms with E-state index in [1.807, 2.05) is 13.8 Å². The molecule has 2 unspecified atom stereocenters. The summed E-state index contributed by atoms with van der Waals surface area (Å²) in [6.45, 7) is 3.61. The van der Waals surface area contributed by atoms with Crippen LogP contribution >= 0.6 is 0 Å². The quantitative estimate of drug-likeness (QED) is 0.541. The predicted molar refractivity (Wildman–Crippen MR) is 70.2 cm³/mol. The largest absolute Gasteiger partial charge is 0.479 e. The Morgan fingerprint density at radius 1 is 1.20 bits per heavy atom. The number of carboxylic acid groups (broad SMARTS) is 1. The second-order valence-corrected chi connectivity index (χ2v) is 4.62. The molecule has 0 bridgehead atoms. The van der Waals surface area contributed by atoms with E-state index in [2.05, 4.69) is 20.1 Å². The summed E-state index contributed by atoms with van der Waals surface area (Å²) in [5, 5.41) is 13.5. The fourth-order valence-electron chi connectivity index (χ4n) is 1.49. The van der Waals surface area contributed by atoms with E-state index >= 15 is 0 Å². The van der Waals surface area contributed by atoms with Gasteiger partial charge in [-0.15, -0.1) is 0 Å². The summed E-state index contributed by atoms with van der Waals surface area (Å²) in [6.07, 6.45) is -0.713. The Morgan fingerprint density at radius 3 is 2.20 bits per heavy atom. The van der Waals surface area contributed by atoms with E-state index in [0.717, 1.165) is 0 Å². The summed E-state index contributed by atoms with van der Waals surface area (Å²) in [5.74, 6) is -1.54. The van der Waals surface area contributed by atoms with E-state index in [4.69, 9.17) is 5.11 Å². The van der Waals surface area contributed by atoms with E-state index in [9.17, 15) is 14.4 Å². The Hall–Kier alpha value is -1.83. The minimum Gasteiger partial charge on any atom is -0.479 e. The fourth-order valence-corrected chi connectivity index (χ4v) is 1.49. The van der Waals surface area contributed by atoms with Gasteiger partial charge in [-0.25, -0.2) is 14.4 Å². The van der Waals surface area contributed by atoms with Gasteiger partial charge in [0.15, 0.2) is 6.10 Å². The summed E-state index contributed by atoms with van der Waals surface area (Å²) in [6, 6.07) is -1.42. The number of carbonyl (C=O) groups is 3. The van der Waals surface area contributed by atoms with Crippen LogP contribution in [-0.4, -0.2) is 56.0 Å². The van der Waals surface area contributed by atoms with Gasteiger partial charge in [-0.3, -0.25) is 0 Å². The third-order valence-electron chi connectivity index (χ3n) is 2.51. The van der Waals surface area contributed by atoms with Crippen LogP contribution in [0.3, 0.4) is 0 Å². The Kier molecular flexibility index (Phi) is 8.30. The second kappa shape index (κ2) is 9.13. The molecule has 0 rings (SSSR count). The first-order valence-electron chi connectivity index (χ1n) is 6.19. The first-order chi connectivity index (χ1) is 9.31. The van der Waals surface area contributed by atoms with Gasteiger partial charge in [-0.05, 0) is 12.3 Å². The molecular formula is C12H22N2O6. The van der Waals surface area contributed by atoms with Crippen molar-refractivity contribution in [3.05, 3.63) is 0 Å². The lowest BCUT2D eigenvalue weighted by atomic mass is 10.0. The van der Waals surface area contributed by atoms with Gasteiger partial charge in [0.1, 0.15) is 6.04 Å². The van der Waals surface area contributed by atoms with Crippen LogP contribution in [0.1, 0.15) is 20.3 Å². The number of rotatable bonds is 8. The lowest BCUT2D eigenvalue weighted by Crippen LogP contribution is -2.49. The molecule has 0 heterocycles. The van der Waals surface area contributed by atoms with Gasteiger partial charge < -0.3 is 25.2 Å². The summed E-state index contributed by atoms with van der Waals surface area (Å²) < 4.78 is 9.27. The summed E-state index contributed by atoms with van der Waals surface area (Å²) in [7, 11) is 2.47. The maximum atomic E-state index is 11.6. The van der Waals surface area contributed by atoms with Gasteiger partial charge in [-0.2, -0.15) is 0 Å². The average molecular weight is 290 g/mol. The van der Waals surface area contributed by atoms with Crippen LogP contribution in [0.2, 0.25) is 0 Å². The SMILES string of the molecule is COC(=O)C(CC(C)C)NC(=O)NCC(OC)C(=O)O. The lowest BCUT2D eigenvalue weighted by Gasteiger charge is -2.19. The molecule has 0 aliphatic carbocycles.